The monoisotopic (exact) mass is 255 g/mol. The molecular formula is C16H21N3. The number of aromatic nitrogens is 2. The van der Waals surface area contributed by atoms with E-state index in [1.807, 2.05) is 7.05 Å². The Morgan fingerprint density at radius 3 is 2.68 bits per heavy atom. The van der Waals surface area contributed by atoms with Crippen molar-refractivity contribution in [1.82, 2.24) is 14.9 Å². The number of nitrogens with one attached hydrogen (secondary N) is 1. The van der Waals surface area contributed by atoms with Crippen molar-refractivity contribution in [2.75, 3.05) is 7.05 Å². The quantitative estimate of drug-likeness (QED) is 0.890. The Hall–Kier alpha value is -1.61. The van der Waals surface area contributed by atoms with Crippen molar-refractivity contribution in [2.24, 2.45) is 0 Å². The maximum absolute atomic E-state index is 4.82. The van der Waals surface area contributed by atoms with E-state index in [1.54, 1.807) is 0 Å². The molecule has 0 aliphatic heterocycles. The van der Waals surface area contributed by atoms with Gasteiger partial charge in [-0.1, -0.05) is 36.8 Å². The highest BCUT2D eigenvalue weighted by Gasteiger charge is 2.24. The van der Waals surface area contributed by atoms with Crippen molar-refractivity contribution in [3.05, 3.63) is 53.6 Å². The fourth-order valence-electron chi connectivity index (χ4n) is 2.65. The van der Waals surface area contributed by atoms with Gasteiger partial charge >= 0.3 is 0 Å². The predicted octanol–water partition coefficient (Wildman–Crippen LogP) is 2.92. The van der Waals surface area contributed by atoms with Crippen LogP contribution in [0.25, 0.3) is 0 Å². The summed E-state index contributed by atoms with van der Waals surface area (Å²) in [7, 11) is 1.97. The first-order chi connectivity index (χ1) is 9.36. The van der Waals surface area contributed by atoms with Crippen LogP contribution in [0.3, 0.4) is 0 Å². The smallest absolute Gasteiger partial charge is 0.112 e. The number of hydrogen-bond acceptors (Lipinski definition) is 2. The zero-order valence-corrected chi connectivity index (χ0v) is 11.5. The van der Waals surface area contributed by atoms with E-state index in [-0.39, 0.29) is 0 Å². The van der Waals surface area contributed by atoms with Crippen LogP contribution in [0.4, 0.5) is 0 Å². The fourth-order valence-corrected chi connectivity index (χ4v) is 2.65. The van der Waals surface area contributed by atoms with Crippen molar-refractivity contribution in [3.8, 4) is 0 Å². The van der Waals surface area contributed by atoms with Crippen LogP contribution in [0, 0.1) is 0 Å². The van der Waals surface area contributed by atoms with E-state index in [4.69, 9.17) is 4.98 Å². The van der Waals surface area contributed by atoms with Crippen LogP contribution in [0.15, 0.2) is 36.5 Å². The van der Waals surface area contributed by atoms with Gasteiger partial charge in [-0.25, -0.2) is 4.98 Å². The molecule has 3 rings (SSSR count). The molecular weight excluding hydrogens is 234 g/mol. The molecule has 0 unspecified atom stereocenters. The summed E-state index contributed by atoms with van der Waals surface area (Å²) in [6, 6.07) is 10.6. The second-order valence-corrected chi connectivity index (χ2v) is 5.36. The highest BCUT2D eigenvalue weighted by atomic mass is 15.1. The molecule has 1 aliphatic rings. The maximum Gasteiger partial charge on any atom is 0.112 e. The van der Waals surface area contributed by atoms with Crippen molar-refractivity contribution in [1.29, 1.82) is 0 Å². The number of nitrogens with zero attached hydrogens (tertiary/aromatic N) is 2. The van der Waals surface area contributed by atoms with Crippen LogP contribution >= 0.6 is 0 Å². The first-order valence-corrected chi connectivity index (χ1v) is 7.11. The molecule has 3 heteroatoms. The van der Waals surface area contributed by atoms with Gasteiger partial charge in [0.15, 0.2) is 0 Å². The number of hydrogen-bond donors (Lipinski definition) is 1. The summed E-state index contributed by atoms with van der Waals surface area (Å²) in [6.07, 6.45) is 6.15. The van der Waals surface area contributed by atoms with Gasteiger partial charge in [0.2, 0.25) is 0 Å². The molecule has 0 atom stereocenters. The van der Waals surface area contributed by atoms with Gasteiger partial charge in [-0.3, -0.25) is 0 Å². The van der Waals surface area contributed by atoms with E-state index >= 15 is 0 Å². The third-order valence-corrected chi connectivity index (χ3v) is 3.88. The summed E-state index contributed by atoms with van der Waals surface area (Å²) in [5.41, 5.74) is 2.50. The lowest BCUT2D eigenvalue weighted by Gasteiger charge is -2.25. The Morgan fingerprint density at radius 1 is 1.26 bits per heavy atom. The maximum atomic E-state index is 4.82. The molecule has 1 aromatic heterocycles. The van der Waals surface area contributed by atoms with Gasteiger partial charge in [0.25, 0.3) is 0 Å². The number of imidazole rings is 1. The minimum Gasteiger partial charge on any atom is -0.330 e. The SMILES string of the molecule is CNCc1cn(Cc2ccccc2)c(C2CCC2)n1. The molecule has 1 aliphatic carbocycles. The summed E-state index contributed by atoms with van der Waals surface area (Å²) < 4.78 is 2.34. The van der Waals surface area contributed by atoms with E-state index in [9.17, 15) is 0 Å². The Labute approximate surface area is 114 Å². The van der Waals surface area contributed by atoms with Gasteiger partial charge in [-0.15, -0.1) is 0 Å². The normalized spacial score (nSPS) is 15.4. The number of rotatable bonds is 5. The summed E-state index contributed by atoms with van der Waals surface area (Å²) in [6.45, 7) is 1.78. The number of benzene rings is 1. The predicted molar refractivity (Wildman–Crippen MR) is 77.1 cm³/mol. The Balaban J connectivity index is 1.85. The third-order valence-electron chi connectivity index (χ3n) is 3.88. The van der Waals surface area contributed by atoms with E-state index in [0.29, 0.717) is 5.92 Å². The van der Waals surface area contributed by atoms with Crippen molar-refractivity contribution >= 4 is 0 Å². The molecule has 100 valence electrons. The topological polar surface area (TPSA) is 29.9 Å². The molecule has 0 saturated heterocycles. The molecule has 1 aromatic carbocycles. The average molecular weight is 255 g/mol. The van der Waals surface area contributed by atoms with Gasteiger partial charge < -0.3 is 9.88 Å². The highest BCUT2D eigenvalue weighted by molar-refractivity contribution is 5.18. The molecule has 1 N–H and O–H groups in total. The van der Waals surface area contributed by atoms with Gasteiger partial charge in [0.1, 0.15) is 5.82 Å². The lowest BCUT2D eigenvalue weighted by atomic mass is 9.85. The molecule has 1 heterocycles. The molecule has 0 radical (unpaired) electrons. The summed E-state index contributed by atoms with van der Waals surface area (Å²) in [5, 5.41) is 3.19. The van der Waals surface area contributed by atoms with Gasteiger partial charge in [0.05, 0.1) is 5.69 Å². The van der Waals surface area contributed by atoms with Crippen LogP contribution in [0.5, 0.6) is 0 Å². The minimum atomic E-state index is 0.675. The first-order valence-electron chi connectivity index (χ1n) is 7.11. The average Bonchev–Trinajstić information content (AvgIpc) is 2.72. The fraction of sp³-hybridized carbons (Fsp3) is 0.438. The second-order valence-electron chi connectivity index (χ2n) is 5.36. The van der Waals surface area contributed by atoms with Crippen molar-refractivity contribution < 1.29 is 0 Å². The third kappa shape index (κ3) is 2.71. The lowest BCUT2D eigenvalue weighted by Crippen LogP contribution is -2.15. The van der Waals surface area contributed by atoms with Crippen molar-refractivity contribution in [3.63, 3.8) is 0 Å². The highest BCUT2D eigenvalue weighted by Crippen LogP contribution is 2.35. The molecule has 0 bridgehead atoms. The zero-order valence-electron chi connectivity index (χ0n) is 11.5. The first kappa shape index (κ1) is 12.4. The molecule has 1 saturated carbocycles. The van der Waals surface area contributed by atoms with E-state index in [2.05, 4.69) is 46.4 Å². The van der Waals surface area contributed by atoms with E-state index in [0.717, 1.165) is 18.8 Å². The van der Waals surface area contributed by atoms with Crippen LogP contribution in [0.2, 0.25) is 0 Å². The van der Waals surface area contributed by atoms with Crippen LogP contribution in [-0.4, -0.2) is 16.6 Å². The van der Waals surface area contributed by atoms with Gasteiger partial charge in [-0.05, 0) is 25.5 Å². The largest absolute Gasteiger partial charge is 0.330 e. The minimum absolute atomic E-state index is 0.675. The van der Waals surface area contributed by atoms with Crippen LogP contribution in [-0.2, 0) is 13.1 Å². The standard InChI is InChI=1S/C16H21N3/c1-17-10-15-12-19(11-13-6-3-2-4-7-13)16(18-15)14-8-5-9-14/h2-4,6-7,12,14,17H,5,8-11H2,1H3. The summed E-state index contributed by atoms with van der Waals surface area (Å²) >= 11 is 0. The molecule has 0 spiro atoms. The van der Waals surface area contributed by atoms with Crippen LogP contribution in [0.1, 0.15) is 42.3 Å². The van der Waals surface area contributed by atoms with E-state index in [1.165, 1.54) is 30.7 Å². The lowest BCUT2D eigenvalue weighted by molar-refractivity contribution is 0.390. The van der Waals surface area contributed by atoms with Gasteiger partial charge in [-0.2, -0.15) is 0 Å². The Kier molecular flexibility index (Phi) is 3.65. The van der Waals surface area contributed by atoms with Crippen molar-refractivity contribution in [2.45, 2.75) is 38.3 Å². The molecule has 0 amide bonds. The molecule has 3 nitrogen and oxygen atoms in total. The van der Waals surface area contributed by atoms with Crippen LogP contribution < -0.4 is 5.32 Å². The Bertz CT molecular complexity index is 526. The molecule has 19 heavy (non-hydrogen) atoms. The van der Waals surface area contributed by atoms with E-state index < -0.39 is 0 Å². The molecule has 2 aromatic rings. The van der Waals surface area contributed by atoms with Gasteiger partial charge in [0, 0.05) is 25.2 Å². The summed E-state index contributed by atoms with van der Waals surface area (Å²) in [4.78, 5) is 4.82. The molecule has 1 fully saturated rings. The Morgan fingerprint density at radius 2 is 2.05 bits per heavy atom. The second kappa shape index (κ2) is 5.57. The summed E-state index contributed by atoms with van der Waals surface area (Å²) in [5.74, 6) is 1.95. The zero-order chi connectivity index (χ0) is 13.1.